The van der Waals surface area contributed by atoms with Crippen molar-refractivity contribution in [1.82, 2.24) is 5.32 Å². The zero-order chi connectivity index (χ0) is 5.98. The van der Waals surface area contributed by atoms with Crippen molar-refractivity contribution in [3.63, 3.8) is 0 Å². The van der Waals surface area contributed by atoms with Crippen LogP contribution in [0.4, 0.5) is 0 Å². The van der Waals surface area contributed by atoms with Crippen molar-refractivity contribution < 1.29 is 4.79 Å². The topological polar surface area (TPSA) is 29.1 Å². The smallest absolute Gasteiger partial charge is 0.150 e. The van der Waals surface area contributed by atoms with E-state index in [1.807, 2.05) is 12.2 Å². The third-order valence-electron chi connectivity index (χ3n) is 1.22. The number of carbonyl (C=O) groups excluding carboxylic acids is 1. The fourth-order valence-electron chi connectivity index (χ4n) is 0.746. The predicted molar refractivity (Wildman–Crippen MR) is 31.6 cm³/mol. The summed E-state index contributed by atoms with van der Waals surface area (Å²) in [5.74, 6) is 0.193. The highest BCUT2D eigenvalue weighted by molar-refractivity contribution is 5.83. The molecule has 0 amide bonds. The number of hydrogen-bond donors (Lipinski definition) is 1. The van der Waals surface area contributed by atoms with E-state index < -0.39 is 0 Å². The molecule has 1 N–H and O–H groups in total. The van der Waals surface area contributed by atoms with Gasteiger partial charge in [0.05, 0.1) is 6.04 Å². The van der Waals surface area contributed by atoms with Crippen LogP contribution in [0.3, 0.4) is 0 Å². The van der Waals surface area contributed by atoms with Crippen LogP contribution in [0.25, 0.3) is 0 Å². The maximum Gasteiger partial charge on any atom is 0.150 e. The Hall–Kier alpha value is -0.630. The number of ketones is 1. The van der Waals surface area contributed by atoms with Gasteiger partial charge < -0.3 is 5.32 Å². The van der Waals surface area contributed by atoms with Crippen LogP contribution in [0.2, 0.25) is 0 Å². The van der Waals surface area contributed by atoms with Crippen LogP contribution in [-0.2, 0) is 4.79 Å². The summed E-state index contributed by atoms with van der Waals surface area (Å²) in [6, 6.07) is -0.00463. The number of Topliss-reactive ketones (excluding diaryl/α,β-unsaturated/α-hetero) is 1. The van der Waals surface area contributed by atoms with Crippen molar-refractivity contribution in [2.45, 2.75) is 13.0 Å². The molecule has 44 valence electrons. The minimum atomic E-state index is -0.00463. The number of rotatable bonds is 1. The van der Waals surface area contributed by atoms with Gasteiger partial charge in [-0.05, 0) is 6.92 Å². The fraction of sp³-hybridized carbons (Fsp3) is 0.500. The molecular formula is C6H9NO. The summed E-state index contributed by atoms with van der Waals surface area (Å²) in [6.45, 7) is 2.43. The Labute approximate surface area is 48.6 Å². The number of hydrogen-bond acceptors (Lipinski definition) is 2. The monoisotopic (exact) mass is 111 g/mol. The Balaban J connectivity index is 2.48. The molecule has 0 aromatic heterocycles. The molecule has 1 aliphatic heterocycles. The first-order chi connectivity index (χ1) is 3.80. The van der Waals surface area contributed by atoms with Crippen LogP contribution in [-0.4, -0.2) is 18.4 Å². The maximum absolute atomic E-state index is 10.5. The van der Waals surface area contributed by atoms with Crippen LogP contribution in [0.15, 0.2) is 12.2 Å². The van der Waals surface area contributed by atoms with E-state index in [0.717, 1.165) is 6.54 Å². The second-order valence-electron chi connectivity index (χ2n) is 1.92. The lowest BCUT2D eigenvalue weighted by Gasteiger charge is -2.00. The molecule has 0 saturated carbocycles. The van der Waals surface area contributed by atoms with Gasteiger partial charge in [-0.15, -0.1) is 0 Å². The van der Waals surface area contributed by atoms with E-state index in [2.05, 4.69) is 5.32 Å². The predicted octanol–water partition coefficient (Wildman–Crippen LogP) is 0.103. The van der Waals surface area contributed by atoms with Crippen molar-refractivity contribution in [3.8, 4) is 0 Å². The van der Waals surface area contributed by atoms with Gasteiger partial charge in [0.1, 0.15) is 0 Å². The lowest BCUT2D eigenvalue weighted by Crippen LogP contribution is -2.28. The molecule has 2 nitrogen and oxygen atoms in total. The summed E-state index contributed by atoms with van der Waals surface area (Å²) < 4.78 is 0. The third kappa shape index (κ3) is 0.954. The van der Waals surface area contributed by atoms with E-state index >= 15 is 0 Å². The molecule has 1 heterocycles. The van der Waals surface area contributed by atoms with Gasteiger partial charge in [-0.1, -0.05) is 12.2 Å². The quantitative estimate of drug-likeness (QED) is 0.486. The summed E-state index contributed by atoms with van der Waals surface area (Å²) in [6.07, 6.45) is 3.86. The van der Waals surface area contributed by atoms with Crippen LogP contribution in [0, 0.1) is 0 Å². The minimum Gasteiger partial charge on any atom is -0.301 e. The van der Waals surface area contributed by atoms with Crippen molar-refractivity contribution in [1.29, 1.82) is 0 Å². The molecule has 1 atom stereocenters. The third-order valence-corrected chi connectivity index (χ3v) is 1.22. The van der Waals surface area contributed by atoms with Gasteiger partial charge in [-0.3, -0.25) is 4.79 Å². The van der Waals surface area contributed by atoms with Crippen LogP contribution in [0.5, 0.6) is 0 Å². The van der Waals surface area contributed by atoms with Gasteiger partial charge in [-0.25, -0.2) is 0 Å². The SMILES string of the molecule is CC(=O)[C@@H]1C=CCN1. The van der Waals surface area contributed by atoms with Gasteiger partial charge in [0.2, 0.25) is 0 Å². The van der Waals surface area contributed by atoms with Gasteiger partial charge in [0.25, 0.3) is 0 Å². The fourth-order valence-corrected chi connectivity index (χ4v) is 0.746. The van der Waals surface area contributed by atoms with Crippen molar-refractivity contribution in [3.05, 3.63) is 12.2 Å². The summed E-state index contributed by atoms with van der Waals surface area (Å²) in [5, 5.41) is 3.00. The van der Waals surface area contributed by atoms with E-state index in [9.17, 15) is 4.79 Å². The number of carbonyl (C=O) groups is 1. The Kier molecular flexibility index (Phi) is 1.44. The maximum atomic E-state index is 10.5. The standard InChI is InChI=1S/C6H9NO/c1-5(8)6-3-2-4-7-6/h2-3,6-7H,4H2,1H3/t6-/m0/s1. The molecule has 0 aromatic rings. The Morgan fingerprint density at radius 3 is 2.88 bits per heavy atom. The van der Waals surface area contributed by atoms with Crippen LogP contribution < -0.4 is 5.32 Å². The molecule has 8 heavy (non-hydrogen) atoms. The van der Waals surface area contributed by atoms with Crippen LogP contribution in [0.1, 0.15) is 6.92 Å². The highest BCUT2D eigenvalue weighted by atomic mass is 16.1. The van der Waals surface area contributed by atoms with Crippen molar-refractivity contribution in [2.24, 2.45) is 0 Å². The largest absolute Gasteiger partial charge is 0.301 e. The van der Waals surface area contributed by atoms with Gasteiger partial charge in [0, 0.05) is 6.54 Å². The molecule has 1 rings (SSSR count). The molecule has 0 aliphatic carbocycles. The lowest BCUT2D eigenvalue weighted by atomic mass is 10.2. The number of nitrogens with one attached hydrogen (secondary N) is 1. The highest BCUT2D eigenvalue weighted by Crippen LogP contribution is 1.94. The molecule has 0 unspecified atom stereocenters. The molecule has 0 radical (unpaired) electrons. The Morgan fingerprint density at radius 1 is 1.88 bits per heavy atom. The minimum absolute atomic E-state index is 0.00463. The van der Waals surface area contributed by atoms with Gasteiger partial charge in [-0.2, -0.15) is 0 Å². The first-order valence-corrected chi connectivity index (χ1v) is 2.71. The average molecular weight is 111 g/mol. The summed E-state index contributed by atoms with van der Waals surface area (Å²) in [5.41, 5.74) is 0. The van der Waals surface area contributed by atoms with Crippen molar-refractivity contribution in [2.75, 3.05) is 6.54 Å². The zero-order valence-corrected chi connectivity index (χ0v) is 4.85. The zero-order valence-electron chi connectivity index (χ0n) is 4.85. The molecule has 0 bridgehead atoms. The normalized spacial score (nSPS) is 26.4. The van der Waals surface area contributed by atoms with E-state index in [-0.39, 0.29) is 11.8 Å². The first kappa shape index (κ1) is 5.51. The van der Waals surface area contributed by atoms with E-state index in [1.54, 1.807) is 6.92 Å². The molecule has 2 heteroatoms. The van der Waals surface area contributed by atoms with E-state index in [1.165, 1.54) is 0 Å². The second-order valence-corrected chi connectivity index (χ2v) is 1.92. The summed E-state index contributed by atoms with van der Waals surface area (Å²) >= 11 is 0. The molecule has 1 aliphatic rings. The Morgan fingerprint density at radius 2 is 2.62 bits per heavy atom. The molecule has 0 saturated heterocycles. The Bertz CT molecular complexity index is 128. The first-order valence-electron chi connectivity index (χ1n) is 2.71. The lowest BCUT2D eigenvalue weighted by molar-refractivity contribution is -0.117. The van der Waals surface area contributed by atoms with E-state index in [0.29, 0.717) is 0 Å². The second kappa shape index (κ2) is 2.09. The van der Waals surface area contributed by atoms with E-state index in [4.69, 9.17) is 0 Å². The average Bonchev–Trinajstić information content (AvgIpc) is 2.12. The summed E-state index contributed by atoms with van der Waals surface area (Å²) in [7, 11) is 0. The highest BCUT2D eigenvalue weighted by Gasteiger charge is 2.11. The van der Waals surface area contributed by atoms with Gasteiger partial charge >= 0.3 is 0 Å². The van der Waals surface area contributed by atoms with Crippen LogP contribution >= 0.6 is 0 Å². The molecular weight excluding hydrogens is 102 g/mol. The molecule has 0 aromatic carbocycles. The van der Waals surface area contributed by atoms with Crippen molar-refractivity contribution >= 4 is 5.78 Å². The summed E-state index contributed by atoms with van der Waals surface area (Å²) in [4.78, 5) is 10.5. The van der Waals surface area contributed by atoms with Gasteiger partial charge in [0.15, 0.2) is 5.78 Å². The molecule has 0 spiro atoms. The molecule has 0 fully saturated rings.